The smallest absolute Gasteiger partial charge is 0.120 e. The lowest BCUT2D eigenvalue weighted by atomic mass is 10.1. The van der Waals surface area contributed by atoms with E-state index >= 15 is 0 Å². The number of alkyl halides is 1. The molecule has 0 saturated carbocycles. The molecule has 0 heterocycles. The maximum absolute atomic E-state index is 5.81. The van der Waals surface area contributed by atoms with Gasteiger partial charge < -0.3 is 4.74 Å². The van der Waals surface area contributed by atoms with Crippen LogP contribution in [0.15, 0.2) is 54.6 Å². The largest absolute Gasteiger partial charge is 0.489 e. The van der Waals surface area contributed by atoms with E-state index in [1.54, 1.807) is 0 Å². The van der Waals surface area contributed by atoms with Crippen molar-refractivity contribution in [2.24, 2.45) is 0 Å². The first kappa shape index (κ1) is 13.2. The summed E-state index contributed by atoms with van der Waals surface area (Å²) in [6, 6.07) is 18.5. The van der Waals surface area contributed by atoms with Gasteiger partial charge in [0.25, 0.3) is 0 Å². The fourth-order valence-electron chi connectivity index (χ4n) is 1.78. The van der Waals surface area contributed by atoms with Crippen molar-refractivity contribution in [2.45, 2.75) is 24.8 Å². The Bertz CT molecular complexity index is 481. The molecule has 2 heteroatoms. The van der Waals surface area contributed by atoms with Gasteiger partial charge in [-0.25, -0.2) is 0 Å². The third-order valence-electron chi connectivity index (χ3n) is 2.83. The van der Waals surface area contributed by atoms with E-state index in [2.05, 4.69) is 47.1 Å². The van der Waals surface area contributed by atoms with E-state index in [1.165, 1.54) is 11.1 Å². The molecule has 0 N–H and O–H groups in total. The Morgan fingerprint density at radius 1 is 1.06 bits per heavy atom. The molecule has 0 aliphatic carbocycles. The summed E-state index contributed by atoms with van der Waals surface area (Å²) in [5.41, 5.74) is 2.46. The molecule has 0 radical (unpaired) electrons. The Kier molecular flexibility index (Phi) is 4.82. The monoisotopic (exact) mass is 304 g/mol. The summed E-state index contributed by atoms with van der Waals surface area (Å²) in [5, 5.41) is 0. The summed E-state index contributed by atoms with van der Waals surface area (Å²) >= 11 is 3.66. The number of hydrogen-bond donors (Lipinski definition) is 0. The van der Waals surface area contributed by atoms with E-state index in [0.29, 0.717) is 11.4 Å². The Morgan fingerprint density at radius 2 is 1.83 bits per heavy atom. The zero-order valence-corrected chi connectivity index (χ0v) is 12.1. The number of ether oxygens (including phenoxy) is 1. The number of benzene rings is 2. The van der Waals surface area contributed by atoms with Crippen LogP contribution in [0, 0.1) is 0 Å². The summed E-state index contributed by atoms with van der Waals surface area (Å²) in [4.78, 5) is 0.401. The number of hydrogen-bond acceptors (Lipinski definition) is 1. The lowest BCUT2D eigenvalue weighted by Gasteiger charge is -2.10. The van der Waals surface area contributed by atoms with Crippen LogP contribution >= 0.6 is 15.9 Å². The second kappa shape index (κ2) is 6.60. The van der Waals surface area contributed by atoms with Crippen LogP contribution in [0.2, 0.25) is 0 Å². The van der Waals surface area contributed by atoms with Crippen molar-refractivity contribution in [3.05, 3.63) is 65.7 Å². The molecule has 0 saturated heterocycles. The van der Waals surface area contributed by atoms with Crippen molar-refractivity contribution in [3.63, 3.8) is 0 Å². The molecule has 0 amide bonds. The molecule has 2 rings (SSSR count). The minimum Gasteiger partial charge on any atom is -0.489 e. The van der Waals surface area contributed by atoms with E-state index in [-0.39, 0.29) is 0 Å². The van der Waals surface area contributed by atoms with Gasteiger partial charge in [0, 0.05) is 4.83 Å². The third-order valence-corrected chi connectivity index (χ3v) is 4.00. The molecule has 0 aromatic heterocycles. The molecular formula is C16H17BrO. The van der Waals surface area contributed by atoms with Gasteiger partial charge in [0.1, 0.15) is 12.4 Å². The summed E-state index contributed by atoms with van der Waals surface area (Å²) in [7, 11) is 0. The molecule has 0 spiro atoms. The van der Waals surface area contributed by atoms with Crippen molar-refractivity contribution in [3.8, 4) is 5.75 Å². The third kappa shape index (κ3) is 3.61. The minimum absolute atomic E-state index is 0.401. The first-order chi connectivity index (χ1) is 8.79. The van der Waals surface area contributed by atoms with E-state index < -0.39 is 0 Å². The van der Waals surface area contributed by atoms with Crippen LogP contribution in [0.1, 0.15) is 29.3 Å². The van der Waals surface area contributed by atoms with Gasteiger partial charge in [-0.05, 0) is 29.7 Å². The molecule has 94 valence electrons. The second-order valence-corrected chi connectivity index (χ2v) is 5.33. The fraction of sp³-hybridized carbons (Fsp3) is 0.250. The molecule has 2 aromatic rings. The topological polar surface area (TPSA) is 9.23 Å². The van der Waals surface area contributed by atoms with Crippen molar-refractivity contribution in [1.29, 1.82) is 0 Å². The first-order valence-corrected chi connectivity index (χ1v) is 7.12. The Hall–Kier alpha value is -1.28. The van der Waals surface area contributed by atoms with Gasteiger partial charge >= 0.3 is 0 Å². The normalized spacial score (nSPS) is 12.1. The van der Waals surface area contributed by atoms with E-state index in [9.17, 15) is 0 Å². The molecule has 1 atom stereocenters. The van der Waals surface area contributed by atoms with Crippen molar-refractivity contribution in [1.82, 2.24) is 0 Å². The molecule has 18 heavy (non-hydrogen) atoms. The molecular weight excluding hydrogens is 288 g/mol. The zero-order valence-electron chi connectivity index (χ0n) is 10.5. The Labute approximate surface area is 117 Å². The zero-order chi connectivity index (χ0) is 12.8. The average Bonchev–Trinajstić information content (AvgIpc) is 2.45. The SMILES string of the molecule is CCC(Br)c1cccc(OCc2ccccc2)c1. The van der Waals surface area contributed by atoms with Gasteiger partial charge in [-0.3, -0.25) is 0 Å². The van der Waals surface area contributed by atoms with Gasteiger partial charge in [-0.1, -0.05) is 65.3 Å². The minimum atomic E-state index is 0.401. The highest BCUT2D eigenvalue weighted by molar-refractivity contribution is 9.09. The van der Waals surface area contributed by atoms with Gasteiger partial charge in [-0.15, -0.1) is 0 Å². The summed E-state index contributed by atoms with van der Waals surface area (Å²) < 4.78 is 5.81. The summed E-state index contributed by atoms with van der Waals surface area (Å²) in [5.74, 6) is 0.925. The van der Waals surface area contributed by atoms with Crippen molar-refractivity contribution >= 4 is 15.9 Å². The predicted octanol–water partition coefficient (Wildman–Crippen LogP) is 5.11. The molecule has 0 aliphatic rings. The lowest BCUT2D eigenvalue weighted by Crippen LogP contribution is -1.96. The number of halogens is 1. The molecule has 2 aromatic carbocycles. The van der Waals surface area contributed by atoms with Gasteiger partial charge in [0.2, 0.25) is 0 Å². The van der Waals surface area contributed by atoms with Crippen molar-refractivity contribution < 1.29 is 4.74 Å². The summed E-state index contributed by atoms with van der Waals surface area (Å²) in [6.45, 7) is 2.78. The van der Waals surface area contributed by atoms with E-state index in [1.807, 2.05) is 30.3 Å². The summed E-state index contributed by atoms with van der Waals surface area (Å²) in [6.07, 6.45) is 1.07. The molecule has 0 fully saturated rings. The van der Waals surface area contributed by atoms with Gasteiger partial charge in [0.05, 0.1) is 0 Å². The highest BCUT2D eigenvalue weighted by Crippen LogP contribution is 2.28. The quantitative estimate of drug-likeness (QED) is 0.697. The fourth-order valence-corrected chi connectivity index (χ4v) is 2.06. The van der Waals surface area contributed by atoms with Crippen LogP contribution in [0.5, 0.6) is 5.75 Å². The van der Waals surface area contributed by atoms with Gasteiger partial charge in [-0.2, -0.15) is 0 Å². The number of rotatable bonds is 5. The molecule has 1 unspecified atom stereocenters. The van der Waals surface area contributed by atoms with E-state index in [0.717, 1.165) is 12.2 Å². The van der Waals surface area contributed by atoms with Gasteiger partial charge in [0.15, 0.2) is 0 Å². The van der Waals surface area contributed by atoms with Crippen molar-refractivity contribution in [2.75, 3.05) is 0 Å². The van der Waals surface area contributed by atoms with Crippen LogP contribution in [-0.4, -0.2) is 0 Å². The van der Waals surface area contributed by atoms with Crippen LogP contribution in [0.3, 0.4) is 0 Å². The lowest BCUT2D eigenvalue weighted by molar-refractivity contribution is 0.306. The second-order valence-electron chi connectivity index (χ2n) is 4.22. The Morgan fingerprint density at radius 3 is 2.56 bits per heavy atom. The first-order valence-electron chi connectivity index (χ1n) is 6.20. The standard InChI is InChI=1S/C16H17BrO/c1-2-16(17)14-9-6-10-15(11-14)18-12-13-7-4-3-5-8-13/h3-11,16H,2,12H2,1H3. The van der Waals surface area contributed by atoms with Crippen LogP contribution in [0.4, 0.5) is 0 Å². The Balaban J connectivity index is 2.01. The highest BCUT2D eigenvalue weighted by atomic mass is 79.9. The maximum atomic E-state index is 5.81. The molecule has 0 aliphatic heterocycles. The van der Waals surface area contributed by atoms with Crippen LogP contribution in [0.25, 0.3) is 0 Å². The van der Waals surface area contributed by atoms with E-state index in [4.69, 9.17) is 4.74 Å². The highest BCUT2D eigenvalue weighted by Gasteiger charge is 2.05. The van der Waals surface area contributed by atoms with Crippen LogP contribution < -0.4 is 4.74 Å². The maximum Gasteiger partial charge on any atom is 0.120 e. The van der Waals surface area contributed by atoms with Crippen LogP contribution in [-0.2, 0) is 6.61 Å². The molecule has 1 nitrogen and oxygen atoms in total. The predicted molar refractivity (Wildman–Crippen MR) is 79.2 cm³/mol. The molecule has 0 bridgehead atoms. The average molecular weight is 305 g/mol.